The van der Waals surface area contributed by atoms with Crippen LogP contribution >= 0.6 is 11.8 Å². The molecule has 1 aromatic heterocycles. The molecular weight excluding hydrogens is 268 g/mol. The van der Waals surface area contributed by atoms with Crippen LogP contribution in [0.5, 0.6) is 0 Å². The molecule has 5 nitrogen and oxygen atoms in total. The van der Waals surface area contributed by atoms with Gasteiger partial charge < -0.3 is 18.3 Å². The van der Waals surface area contributed by atoms with E-state index in [1.165, 1.54) is 0 Å². The van der Waals surface area contributed by atoms with E-state index in [4.69, 9.17) is 13.3 Å². The van der Waals surface area contributed by atoms with Gasteiger partial charge in [-0.05, 0) is 12.1 Å². The summed E-state index contributed by atoms with van der Waals surface area (Å²) in [4.78, 5) is 7.73. The standard InChI is InChI=1S/C11H16N2O3SSi/c1-14-18(15-2,16-3)8-17-11-12-9-6-4-5-7-10(9)13-11/h4-7H,8H2,1-3H3,(H,12,13). The molecule has 0 fully saturated rings. The van der Waals surface area contributed by atoms with E-state index in [0.717, 1.165) is 16.2 Å². The van der Waals surface area contributed by atoms with Gasteiger partial charge in [-0.3, -0.25) is 0 Å². The second kappa shape index (κ2) is 5.85. The molecule has 0 saturated carbocycles. The Balaban J connectivity index is 2.09. The first-order valence-corrected chi connectivity index (χ1v) is 8.38. The van der Waals surface area contributed by atoms with Gasteiger partial charge in [0.2, 0.25) is 0 Å². The zero-order valence-corrected chi connectivity index (χ0v) is 12.4. The lowest BCUT2D eigenvalue weighted by Crippen LogP contribution is -2.46. The summed E-state index contributed by atoms with van der Waals surface area (Å²) in [5.74, 6) is 0. The van der Waals surface area contributed by atoms with E-state index < -0.39 is 8.80 Å². The monoisotopic (exact) mass is 284 g/mol. The van der Waals surface area contributed by atoms with Gasteiger partial charge in [0.15, 0.2) is 5.16 Å². The average Bonchev–Trinajstić information content (AvgIpc) is 2.84. The van der Waals surface area contributed by atoms with Crippen molar-refractivity contribution in [3.8, 4) is 0 Å². The molecule has 18 heavy (non-hydrogen) atoms. The van der Waals surface area contributed by atoms with Crippen LogP contribution in [0, 0.1) is 0 Å². The largest absolute Gasteiger partial charge is 0.511 e. The van der Waals surface area contributed by atoms with Crippen LogP contribution in [0.3, 0.4) is 0 Å². The van der Waals surface area contributed by atoms with Crippen LogP contribution in [0.4, 0.5) is 0 Å². The minimum atomic E-state index is -2.55. The van der Waals surface area contributed by atoms with Crippen molar-refractivity contribution in [3.63, 3.8) is 0 Å². The molecule has 0 aliphatic rings. The van der Waals surface area contributed by atoms with Gasteiger partial charge in [-0.1, -0.05) is 23.9 Å². The first-order chi connectivity index (χ1) is 8.73. The fourth-order valence-corrected chi connectivity index (χ4v) is 5.09. The summed E-state index contributed by atoms with van der Waals surface area (Å²) in [6.45, 7) is 0. The Hall–Kier alpha value is -0.863. The molecule has 1 N–H and O–H groups in total. The minimum Gasteiger partial charge on any atom is -0.376 e. The van der Waals surface area contributed by atoms with Crippen molar-refractivity contribution in [2.75, 3.05) is 26.7 Å². The van der Waals surface area contributed by atoms with E-state index >= 15 is 0 Å². The van der Waals surface area contributed by atoms with Gasteiger partial charge in [0.25, 0.3) is 0 Å². The summed E-state index contributed by atoms with van der Waals surface area (Å²) in [5.41, 5.74) is 1.99. The number of fused-ring (bicyclic) bond motifs is 1. The maximum absolute atomic E-state index is 5.36. The summed E-state index contributed by atoms with van der Waals surface area (Å²) < 4.78 is 16.1. The number of imidazole rings is 1. The van der Waals surface area contributed by atoms with Crippen molar-refractivity contribution >= 4 is 31.6 Å². The number of H-pyrrole nitrogens is 1. The molecule has 0 atom stereocenters. The molecule has 0 saturated heterocycles. The first-order valence-electron chi connectivity index (χ1n) is 5.46. The Bertz CT molecular complexity index is 474. The fourth-order valence-electron chi connectivity index (χ4n) is 1.58. The van der Waals surface area contributed by atoms with Crippen LogP contribution in [-0.4, -0.2) is 45.5 Å². The highest BCUT2D eigenvalue weighted by Crippen LogP contribution is 2.23. The highest BCUT2D eigenvalue weighted by molar-refractivity contribution is 8.00. The van der Waals surface area contributed by atoms with Crippen molar-refractivity contribution in [1.82, 2.24) is 9.97 Å². The van der Waals surface area contributed by atoms with Gasteiger partial charge in [-0.15, -0.1) is 0 Å². The molecule has 0 aliphatic heterocycles. The second-order valence-corrected chi connectivity index (χ2v) is 8.06. The van der Waals surface area contributed by atoms with Crippen LogP contribution in [0.2, 0.25) is 0 Å². The molecule has 2 aromatic rings. The third-order valence-electron chi connectivity index (χ3n) is 2.69. The van der Waals surface area contributed by atoms with E-state index in [0.29, 0.717) is 5.38 Å². The highest BCUT2D eigenvalue weighted by Gasteiger charge is 2.38. The number of aromatic amines is 1. The predicted molar refractivity (Wildman–Crippen MR) is 73.6 cm³/mol. The Morgan fingerprint density at radius 3 is 2.44 bits per heavy atom. The molecule has 0 radical (unpaired) electrons. The molecule has 0 aliphatic carbocycles. The summed E-state index contributed by atoms with van der Waals surface area (Å²) in [5, 5.41) is 1.47. The number of para-hydroxylation sites is 2. The zero-order chi connectivity index (χ0) is 13.0. The maximum Gasteiger partial charge on any atom is 0.511 e. The molecule has 7 heteroatoms. The number of nitrogens with zero attached hydrogens (tertiary/aromatic N) is 1. The molecule has 0 bridgehead atoms. The lowest BCUT2D eigenvalue weighted by atomic mass is 10.3. The summed E-state index contributed by atoms with van der Waals surface area (Å²) in [7, 11) is 2.28. The predicted octanol–water partition coefficient (Wildman–Crippen LogP) is 2.07. The van der Waals surface area contributed by atoms with Crippen LogP contribution < -0.4 is 0 Å². The van der Waals surface area contributed by atoms with E-state index in [1.54, 1.807) is 33.1 Å². The molecule has 1 heterocycles. The molecule has 98 valence electrons. The third-order valence-corrected chi connectivity index (χ3v) is 7.01. The second-order valence-electron chi connectivity index (χ2n) is 3.64. The van der Waals surface area contributed by atoms with E-state index in [9.17, 15) is 0 Å². The van der Waals surface area contributed by atoms with Crippen molar-refractivity contribution in [2.24, 2.45) is 0 Å². The number of aromatic nitrogens is 2. The number of thioether (sulfide) groups is 1. The number of benzene rings is 1. The molecule has 0 spiro atoms. The maximum atomic E-state index is 5.36. The number of rotatable bonds is 6. The third kappa shape index (κ3) is 2.75. The Morgan fingerprint density at radius 1 is 1.17 bits per heavy atom. The topological polar surface area (TPSA) is 56.4 Å². The lowest BCUT2D eigenvalue weighted by Gasteiger charge is -2.23. The Kier molecular flexibility index (Phi) is 4.41. The van der Waals surface area contributed by atoms with Crippen LogP contribution in [0.1, 0.15) is 0 Å². The smallest absolute Gasteiger partial charge is 0.376 e. The molecular formula is C11H16N2O3SSi. The minimum absolute atomic E-state index is 0.621. The van der Waals surface area contributed by atoms with Crippen molar-refractivity contribution in [1.29, 1.82) is 0 Å². The van der Waals surface area contributed by atoms with Gasteiger partial charge in [0.05, 0.1) is 16.4 Å². The van der Waals surface area contributed by atoms with Crippen molar-refractivity contribution in [2.45, 2.75) is 5.16 Å². The van der Waals surface area contributed by atoms with E-state index in [1.807, 2.05) is 24.3 Å². The summed E-state index contributed by atoms with van der Waals surface area (Å²) in [6.07, 6.45) is 0. The number of nitrogens with one attached hydrogen (secondary N) is 1. The molecule has 2 rings (SSSR count). The van der Waals surface area contributed by atoms with Gasteiger partial charge in [0, 0.05) is 21.3 Å². The van der Waals surface area contributed by atoms with E-state index in [2.05, 4.69) is 9.97 Å². The van der Waals surface area contributed by atoms with Gasteiger partial charge in [-0.25, -0.2) is 4.98 Å². The zero-order valence-electron chi connectivity index (χ0n) is 10.6. The lowest BCUT2D eigenvalue weighted by molar-refractivity contribution is 0.130. The van der Waals surface area contributed by atoms with Crippen LogP contribution in [-0.2, 0) is 13.3 Å². The van der Waals surface area contributed by atoms with Crippen molar-refractivity contribution in [3.05, 3.63) is 24.3 Å². The normalized spacial score (nSPS) is 12.2. The fraction of sp³-hybridized carbons (Fsp3) is 0.364. The molecule has 1 aromatic carbocycles. The molecule has 0 amide bonds. The highest BCUT2D eigenvalue weighted by atomic mass is 32.2. The van der Waals surface area contributed by atoms with Gasteiger partial charge in [0.1, 0.15) is 0 Å². The SMILES string of the molecule is CO[Si](CSc1nc2ccccc2[nH]1)(OC)OC. The van der Waals surface area contributed by atoms with E-state index in [-0.39, 0.29) is 0 Å². The van der Waals surface area contributed by atoms with Gasteiger partial charge in [-0.2, -0.15) is 0 Å². The van der Waals surface area contributed by atoms with Crippen LogP contribution in [0.15, 0.2) is 29.4 Å². The van der Waals surface area contributed by atoms with Gasteiger partial charge >= 0.3 is 8.80 Å². The van der Waals surface area contributed by atoms with Crippen LogP contribution in [0.25, 0.3) is 11.0 Å². The Labute approximate surface area is 111 Å². The first kappa shape index (κ1) is 13.6. The average molecular weight is 284 g/mol. The summed E-state index contributed by atoms with van der Waals surface area (Å²) in [6, 6.07) is 7.92. The molecule has 0 unspecified atom stereocenters. The number of hydrogen-bond donors (Lipinski definition) is 1. The Morgan fingerprint density at radius 2 is 1.83 bits per heavy atom. The summed E-state index contributed by atoms with van der Waals surface area (Å²) >= 11 is 1.55. The van der Waals surface area contributed by atoms with Crippen molar-refractivity contribution < 1.29 is 13.3 Å². The quantitative estimate of drug-likeness (QED) is 0.650. The number of hydrogen-bond acceptors (Lipinski definition) is 5.